The van der Waals surface area contributed by atoms with Gasteiger partial charge in [-0.25, -0.2) is 9.97 Å². The number of carbonyl (C=O) groups is 2. The van der Waals surface area contributed by atoms with Crippen molar-refractivity contribution in [2.45, 2.75) is 36.6 Å². The molecule has 1 aliphatic rings. The molecule has 1 aromatic heterocycles. The van der Waals surface area contributed by atoms with Gasteiger partial charge in [-0.1, -0.05) is 29.5 Å². The van der Waals surface area contributed by atoms with Crippen LogP contribution in [0.4, 0.5) is 11.5 Å². The number of ketones is 1. The van der Waals surface area contributed by atoms with Gasteiger partial charge in [-0.2, -0.15) is 0 Å². The van der Waals surface area contributed by atoms with E-state index in [-0.39, 0.29) is 17.6 Å². The van der Waals surface area contributed by atoms with E-state index in [0.717, 1.165) is 35.1 Å². The summed E-state index contributed by atoms with van der Waals surface area (Å²) >= 11 is 1.59. The van der Waals surface area contributed by atoms with Gasteiger partial charge in [-0.05, 0) is 63.1 Å². The summed E-state index contributed by atoms with van der Waals surface area (Å²) < 4.78 is 0. The van der Waals surface area contributed by atoms with E-state index in [1.54, 1.807) is 48.4 Å². The fourth-order valence-corrected chi connectivity index (χ4v) is 4.62. The van der Waals surface area contributed by atoms with Gasteiger partial charge in [0.2, 0.25) is 5.91 Å². The molecule has 7 heteroatoms. The summed E-state index contributed by atoms with van der Waals surface area (Å²) in [5.41, 5.74) is 2.55. The number of piperidine rings is 1. The van der Waals surface area contributed by atoms with Crippen LogP contribution in [-0.2, 0) is 4.79 Å². The molecule has 1 atom stereocenters. The van der Waals surface area contributed by atoms with Gasteiger partial charge in [-0.15, -0.1) is 0 Å². The number of Topliss-reactive ketones (excluding diaryl/α,β-unsaturated/α-hetero) is 1. The maximum Gasteiger partial charge on any atom is 0.229 e. The molecule has 3 aromatic rings. The number of aryl methyl sites for hydroxylation is 1. The van der Waals surface area contributed by atoms with Gasteiger partial charge in [0.25, 0.3) is 0 Å². The highest BCUT2D eigenvalue weighted by Gasteiger charge is 2.28. The maximum absolute atomic E-state index is 12.9. The van der Waals surface area contributed by atoms with E-state index in [1.165, 1.54) is 12.5 Å². The molecular weight excluding hydrogens is 420 g/mol. The molecule has 1 saturated heterocycles. The van der Waals surface area contributed by atoms with E-state index in [4.69, 9.17) is 0 Å². The minimum Gasteiger partial charge on any atom is -0.354 e. The van der Waals surface area contributed by atoms with E-state index in [1.807, 2.05) is 0 Å². The number of nitrogens with zero attached hydrogens (tertiary/aromatic N) is 3. The summed E-state index contributed by atoms with van der Waals surface area (Å²) in [6.07, 6.45) is 5.15. The van der Waals surface area contributed by atoms with Crippen molar-refractivity contribution in [3.8, 4) is 0 Å². The molecule has 0 aliphatic carbocycles. The zero-order valence-electron chi connectivity index (χ0n) is 18.2. The Labute approximate surface area is 192 Å². The number of hydrogen-bond donors (Lipinski definition) is 1. The van der Waals surface area contributed by atoms with E-state index in [0.29, 0.717) is 17.8 Å². The molecule has 1 aliphatic heterocycles. The minimum atomic E-state index is -0.143. The maximum atomic E-state index is 12.9. The Kier molecular flexibility index (Phi) is 6.85. The summed E-state index contributed by atoms with van der Waals surface area (Å²) in [6.45, 7) is 5.04. The molecule has 0 saturated carbocycles. The number of hydrogen-bond acceptors (Lipinski definition) is 6. The molecule has 2 aromatic carbocycles. The Morgan fingerprint density at radius 1 is 1.03 bits per heavy atom. The molecular formula is C25H26N4O2S. The van der Waals surface area contributed by atoms with Crippen molar-refractivity contribution < 1.29 is 9.59 Å². The zero-order valence-corrected chi connectivity index (χ0v) is 19.1. The van der Waals surface area contributed by atoms with Gasteiger partial charge in [-0.3, -0.25) is 9.59 Å². The third-order valence-corrected chi connectivity index (χ3v) is 6.52. The van der Waals surface area contributed by atoms with E-state index >= 15 is 0 Å². The lowest BCUT2D eigenvalue weighted by molar-refractivity contribution is -0.120. The molecule has 1 unspecified atom stereocenters. The molecule has 164 valence electrons. The Morgan fingerprint density at radius 2 is 1.75 bits per heavy atom. The normalized spacial score (nSPS) is 15.9. The van der Waals surface area contributed by atoms with Crippen LogP contribution in [0.2, 0.25) is 0 Å². The topological polar surface area (TPSA) is 75.2 Å². The first kappa shape index (κ1) is 22.0. The molecule has 0 radical (unpaired) electrons. The van der Waals surface area contributed by atoms with Crippen LogP contribution < -0.4 is 10.2 Å². The molecule has 1 N–H and O–H groups in total. The predicted molar refractivity (Wildman–Crippen MR) is 127 cm³/mol. The zero-order chi connectivity index (χ0) is 22.5. The highest BCUT2D eigenvalue weighted by molar-refractivity contribution is 7.99. The average Bonchev–Trinajstić information content (AvgIpc) is 2.81. The van der Waals surface area contributed by atoms with Gasteiger partial charge < -0.3 is 10.2 Å². The number of nitrogens with one attached hydrogen (secondary N) is 1. The lowest BCUT2D eigenvalue weighted by Crippen LogP contribution is -2.41. The van der Waals surface area contributed by atoms with Gasteiger partial charge in [0.1, 0.15) is 5.03 Å². The SMILES string of the molecule is CC(=O)c1ccc(NC(=O)C2CCCN(c3nccnc3Sc3ccc(C)cc3)C2)cc1. The molecule has 0 bridgehead atoms. The third kappa shape index (κ3) is 5.34. The monoisotopic (exact) mass is 446 g/mol. The number of amides is 1. The van der Waals surface area contributed by atoms with Gasteiger partial charge in [0.15, 0.2) is 11.6 Å². The molecule has 6 nitrogen and oxygen atoms in total. The summed E-state index contributed by atoms with van der Waals surface area (Å²) in [6, 6.07) is 15.4. The lowest BCUT2D eigenvalue weighted by atomic mass is 9.97. The van der Waals surface area contributed by atoms with Gasteiger partial charge in [0, 0.05) is 41.6 Å². The van der Waals surface area contributed by atoms with Crippen LogP contribution in [0.5, 0.6) is 0 Å². The standard InChI is InChI=1S/C25H26N4O2S/c1-17-5-11-22(12-6-17)32-25-23(26-13-14-27-25)29-15-3-4-20(16-29)24(31)28-21-9-7-19(8-10-21)18(2)30/h5-14,20H,3-4,15-16H2,1-2H3,(H,28,31). The van der Waals surface area contributed by atoms with Crippen molar-refractivity contribution in [1.29, 1.82) is 0 Å². The van der Waals surface area contributed by atoms with Crippen molar-refractivity contribution in [2.75, 3.05) is 23.3 Å². The Bertz CT molecular complexity index is 1100. The number of aromatic nitrogens is 2. The summed E-state index contributed by atoms with van der Waals surface area (Å²) in [5.74, 6) is 0.674. The smallest absolute Gasteiger partial charge is 0.229 e. The highest BCUT2D eigenvalue weighted by Crippen LogP contribution is 2.34. The van der Waals surface area contributed by atoms with Crippen LogP contribution in [0.1, 0.15) is 35.7 Å². The molecule has 1 amide bonds. The van der Waals surface area contributed by atoms with Crippen molar-refractivity contribution in [3.05, 3.63) is 72.1 Å². The van der Waals surface area contributed by atoms with Crippen molar-refractivity contribution in [1.82, 2.24) is 9.97 Å². The van der Waals surface area contributed by atoms with Crippen LogP contribution in [0, 0.1) is 12.8 Å². The lowest BCUT2D eigenvalue weighted by Gasteiger charge is -2.33. The molecule has 0 spiro atoms. The quantitative estimate of drug-likeness (QED) is 0.538. The predicted octanol–water partition coefficient (Wildman–Crippen LogP) is 4.99. The Hall–Kier alpha value is -3.19. The van der Waals surface area contributed by atoms with E-state index in [2.05, 4.69) is 51.4 Å². The molecule has 4 rings (SSSR count). The number of benzene rings is 2. The van der Waals surface area contributed by atoms with Crippen LogP contribution >= 0.6 is 11.8 Å². The van der Waals surface area contributed by atoms with Crippen molar-refractivity contribution >= 4 is 35.0 Å². The van der Waals surface area contributed by atoms with Crippen molar-refractivity contribution in [2.24, 2.45) is 5.92 Å². The first-order valence-electron chi connectivity index (χ1n) is 10.7. The Morgan fingerprint density at radius 3 is 2.47 bits per heavy atom. The summed E-state index contributed by atoms with van der Waals surface area (Å²) in [4.78, 5) is 36.8. The summed E-state index contributed by atoms with van der Waals surface area (Å²) in [7, 11) is 0. The fraction of sp³-hybridized carbons (Fsp3) is 0.280. The molecule has 32 heavy (non-hydrogen) atoms. The summed E-state index contributed by atoms with van der Waals surface area (Å²) in [5, 5.41) is 3.84. The second-order valence-corrected chi connectivity index (χ2v) is 9.07. The van der Waals surface area contributed by atoms with Crippen molar-refractivity contribution in [3.63, 3.8) is 0 Å². The first-order valence-corrected chi connectivity index (χ1v) is 11.5. The first-order chi connectivity index (χ1) is 15.5. The van der Waals surface area contributed by atoms with Gasteiger partial charge in [0.05, 0.1) is 5.92 Å². The third-order valence-electron chi connectivity index (χ3n) is 5.53. The Balaban J connectivity index is 1.45. The highest BCUT2D eigenvalue weighted by atomic mass is 32.2. The van der Waals surface area contributed by atoms with Crippen LogP contribution in [0.3, 0.4) is 0 Å². The second-order valence-electron chi connectivity index (χ2n) is 8.01. The van der Waals surface area contributed by atoms with E-state index in [9.17, 15) is 9.59 Å². The largest absolute Gasteiger partial charge is 0.354 e. The number of rotatable bonds is 6. The number of anilines is 2. The number of carbonyl (C=O) groups excluding carboxylic acids is 2. The van der Waals surface area contributed by atoms with Crippen LogP contribution in [0.25, 0.3) is 0 Å². The second kappa shape index (κ2) is 9.96. The fourth-order valence-electron chi connectivity index (χ4n) is 3.74. The van der Waals surface area contributed by atoms with Crippen LogP contribution in [-0.4, -0.2) is 34.7 Å². The van der Waals surface area contributed by atoms with E-state index < -0.39 is 0 Å². The average molecular weight is 447 g/mol. The molecule has 2 heterocycles. The van der Waals surface area contributed by atoms with Gasteiger partial charge >= 0.3 is 0 Å². The molecule has 1 fully saturated rings. The van der Waals surface area contributed by atoms with Crippen LogP contribution in [0.15, 0.2) is 70.8 Å². The minimum absolute atomic E-state index is 0.00841.